The van der Waals surface area contributed by atoms with Gasteiger partial charge >= 0.3 is 0 Å². The Balaban J connectivity index is 2.08. The largest absolute Gasteiger partial charge is 0.496 e. The number of nitrogens with one attached hydrogen (secondary N) is 1. The van der Waals surface area contributed by atoms with Gasteiger partial charge in [-0.25, -0.2) is 0 Å². The number of amides is 1. The van der Waals surface area contributed by atoms with Crippen LogP contribution in [0.15, 0.2) is 48.8 Å². The van der Waals surface area contributed by atoms with E-state index in [0.29, 0.717) is 17.9 Å². The number of ether oxygens (including phenoxy) is 1. The molecule has 1 heterocycles. The zero-order valence-electron chi connectivity index (χ0n) is 11.8. The number of hydrogen-bond donors (Lipinski definition) is 2. The fraction of sp³-hybridized carbons (Fsp3) is 0.250. The normalized spacial score (nSPS) is 11.7. The number of para-hydroxylation sites is 1. The first-order valence-corrected chi connectivity index (χ1v) is 6.66. The van der Waals surface area contributed by atoms with Gasteiger partial charge in [-0.15, -0.1) is 0 Å². The van der Waals surface area contributed by atoms with Crippen LogP contribution in [0, 0.1) is 0 Å². The van der Waals surface area contributed by atoms with Crippen LogP contribution < -0.4 is 10.1 Å². The molecule has 0 aliphatic rings. The molecule has 5 nitrogen and oxygen atoms in total. The van der Waals surface area contributed by atoms with Crippen molar-refractivity contribution in [3.8, 4) is 5.75 Å². The fourth-order valence-electron chi connectivity index (χ4n) is 2.09. The van der Waals surface area contributed by atoms with Gasteiger partial charge in [0.15, 0.2) is 0 Å². The van der Waals surface area contributed by atoms with E-state index in [9.17, 15) is 9.90 Å². The molecule has 1 aromatic heterocycles. The monoisotopic (exact) mass is 286 g/mol. The Bertz CT molecular complexity index is 587. The molecule has 0 radical (unpaired) electrons. The number of carbonyl (C=O) groups excluding carboxylic acids is 1. The van der Waals surface area contributed by atoms with E-state index in [-0.39, 0.29) is 12.5 Å². The van der Waals surface area contributed by atoms with E-state index in [2.05, 4.69) is 10.3 Å². The van der Waals surface area contributed by atoms with Crippen molar-refractivity contribution >= 4 is 5.91 Å². The summed E-state index contributed by atoms with van der Waals surface area (Å²) in [6.07, 6.45) is 3.34. The third-order valence-corrected chi connectivity index (χ3v) is 3.23. The molecule has 5 heteroatoms. The van der Waals surface area contributed by atoms with Gasteiger partial charge in [0.1, 0.15) is 5.75 Å². The quantitative estimate of drug-likeness (QED) is 0.844. The molecule has 1 aromatic carbocycles. The highest BCUT2D eigenvalue weighted by Gasteiger charge is 2.22. The van der Waals surface area contributed by atoms with Gasteiger partial charge in [-0.05, 0) is 23.8 Å². The SMILES string of the molecule is COc1ccccc1C(CO)C(=O)NCc1ccncc1. The highest BCUT2D eigenvalue weighted by atomic mass is 16.5. The van der Waals surface area contributed by atoms with E-state index in [1.807, 2.05) is 24.3 Å². The van der Waals surface area contributed by atoms with Crippen molar-refractivity contribution in [2.24, 2.45) is 0 Å². The molecule has 2 rings (SSSR count). The predicted molar refractivity (Wildman–Crippen MR) is 78.9 cm³/mol. The average Bonchev–Trinajstić information content (AvgIpc) is 2.55. The van der Waals surface area contributed by atoms with Crippen molar-refractivity contribution in [1.29, 1.82) is 0 Å². The third kappa shape index (κ3) is 3.79. The summed E-state index contributed by atoms with van der Waals surface area (Å²) >= 11 is 0. The van der Waals surface area contributed by atoms with Gasteiger partial charge in [0.2, 0.25) is 5.91 Å². The maximum atomic E-state index is 12.3. The zero-order chi connectivity index (χ0) is 15.1. The molecular weight excluding hydrogens is 268 g/mol. The summed E-state index contributed by atoms with van der Waals surface area (Å²) in [6.45, 7) is 0.121. The highest BCUT2D eigenvalue weighted by Crippen LogP contribution is 2.26. The van der Waals surface area contributed by atoms with Gasteiger partial charge < -0.3 is 15.2 Å². The minimum absolute atomic E-state index is 0.237. The van der Waals surface area contributed by atoms with E-state index < -0.39 is 5.92 Å². The van der Waals surface area contributed by atoms with Crippen LogP contribution in [-0.2, 0) is 11.3 Å². The summed E-state index contributed by atoms with van der Waals surface area (Å²) in [5.41, 5.74) is 1.63. The molecule has 0 aliphatic carbocycles. The molecule has 0 fully saturated rings. The molecule has 1 unspecified atom stereocenters. The average molecular weight is 286 g/mol. The Hall–Kier alpha value is -2.40. The summed E-state index contributed by atoms with van der Waals surface area (Å²) in [4.78, 5) is 16.2. The first-order valence-electron chi connectivity index (χ1n) is 6.66. The first-order chi connectivity index (χ1) is 10.3. The Labute approximate surface area is 123 Å². The number of rotatable bonds is 6. The number of aromatic nitrogens is 1. The minimum Gasteiger partial charge on any atom is -0.496 e. The number of hydrogen-bond acceptors (Lipinski definition) is 4. The number of carbonyl (C=O) groups is 1. The minimum atomic E-state index is -0.650. The van der Waals surface area contributed by atoms with Gasteiger partial charge in [0.25, 0.3) is 0 Å². The molecule has 1 amide bonds. The van der Waals surface area contributed by atoms with E-state index in [4.69, 9.17) is 4.74 Å². The molecule has 0 spiro atoms. The molecule has 0 aliphatic heterocycles. The van der Waals surface area contributed by atoms with Gasteiger partial charge in [0, 0.05) is 24.5 Å². The lowest BCUT2D eigenvalue weighted by Crippen LogP contribution is -2.31. The van der Waals surface area contributed by atoms with Gasteiger partial charge in [-0.1, -0.05) is 18.2 Å². The van der Waals surface area contributed by atoms with Gasteiger partial charge in [-0.2, -0.15) is 0 Å². The smallest absolute Gasteiger partial charge is 0.230 e. The third-order valence-electron chi connectivity index (χ3n) is 3.23. The van der Waals surface area contributed by atoms with Crippen LogP contribution >= 0.6 is 0 Å². The standard InChI is InChI=1S/C16H18N2O3/c1-21-15-5-3-2-4-13(15)14(11-19)16(20)18-10-12-6-8-17-9-7-12/h2-9,14,19H,10-11H2,1H3,(H,18,20). The molecule has 1 atom stereocenters. The van der Waals surface area contributed by atoms with E-state index in [1.54, 1.807) is 31.6 Å². The van der Waals surface area contributed by atoms with E-state index in [1.165, 1.54) is 0 Å². The molecule has 0 saturated heterocycles. The zero-order valence-corrected chi connectivity index (χ0v) is 11.8. The maximum absolute atomic E-state index is 12.3. The summed E-state index contributed by atoms with van der Waals surface area (Å²) in [6, 6.07) is 10.9. The molecule has 21 heavy (non-hydrogen) atoms. The summed E-state index contributed by atoms with van der Waals surface area (Å²) < 4.78 is 5.24. The Morgan fingerprint density at radius 2 is 2.00 bits per heavy atom. The second kappa shape index (κ2) is 7.40. The second-order valence-electron chi connectivity index (χ2n) is 4.55. The lowest BCUT2D eigenvalue weighted by Gasteiger charge is -2.17. The summed E-state index contributed by atoms with van der Waals surface area (Å²) in [7, 11) is 1.54. The Kier molecular flexibility index (Phi) is 5.29. The molecule has 2 N–H and O–H groups in total. The van der Waals surface area contributed by atoms with Crippen LogP contribution in [0.4, 0.5) is 0 Å². The first kappa shape index (κ1) is 15.0. The topological polar surface area (TPSA) is 71.5 Å². The second-order valence-corrected chi connectivity index (χ2v) is 4.55. The number of nitrogens with zero attached hydrogens (tertiary/aromatic N) is 1. The lowest BCUT2D eigenvalue weighted by atomic mass is 9.98. The van der Waals surface area contributed by atoms with E-state index in [0.717, 1.165) is 5.56 Å². The summed E-state index contributed by atoms with van der Waals surface area (Å²) in [5.74, 6) is -0.294. The maximum Gasteiger partial charge on any atom is 0.230 e. The molecular formula is C16H18N2O3. The number of aliphatic hydroxyl groups excluding tert-OH is 1. The van der Waals surface area contributed by atoms with Crippen molar-refractivity contribution in [1.82, 2.24) is 10.3 Å². The molecule has 2 aromatic rings. The summed E-state index contributed by atoms with van der Waals surface area (Å²) in [5, 5.41) is 12.4. The van der Waals surface area contributed by atoms with E-state index >= 15 is 0 Å². The fourth-order valence-corrected chi connectivity index (χ4v) is 2.09. The van der Waals surface area contributed by atoms with Gasteiger partial charge in [0.05, 0.1) is 19.6 Å². The van der Waals surface area contributed by atoms with Crippen LogP contribution in [0.1, 0.15) is 17.0 Å². The molecule has 0 bridgehead atoms. The number of aliphatic hydroxyl groups is 1. The number of methoxy groups -OCH3 is 1. The molecule has 110 valence electrons. The molecule has 0 saturated carbocycles. The van der Waals surface area contributed by atoms with Crippen LogP contribution in [-0.4, -0.2) is 29.7 Å². The Morgan fingerprint density at radius 3 is 2.67 bits per heavy atom. The van der Waals surface area contributed by atoms with Crippen LogP contribution in [0.3, 0.4) is 0 Å². The highest BCUT2D eigenvalue weighted by molar-refractivity contribution is 5.84. The van der Waals surface area contributed by atoms with Crippen molar-refractivity contribution in [3.05, 3.63) is 59.9 Å². The van der Waals surface area contributed by atoms with Crippen LogP contribution in [0.5, 0.6) is 5.75 Å². The van der Waals surface area contributed by atoms with Crippen molar-refractivity contribution in [3.63, 3.8) is 0 Å². The van der Waals surface area contributed by atoms with Gasteiger partial charge in [-0.3, -0.25) is 9.78 Å². The van der Waals surface area contributed by atoms with Crippen molar-refractivity contribution in [2.75, 3.05) is 13.7 Å². The number of pyridine rings is 1. The predicted octanol–water partition coefficient (Wildman–Crippen LogP) is 1.48. The Morgan fingerprint density at radius 1 is 1.29 bits per heavy atom. The van der Waals surface area contributed by atoms with Crippen molar-refractivity contribution < 1.29 is 14.6 Å². The van der Waals surface area contributed by atoms with Crippen molar-refractivity contribution in [2.45, 2.75) is 12.5 Å². The number of benzene rings is 1. The van der Waals surface area contributed by atoms with Crippen LogP contribution in [0.2, 0.25) is 0 Å². The lowest BCUT2D eigenvalue weighted by molar-refractivity contribution is -0.123. The van der Waals surface area contributed by atoms with Crippen LogP contribution in [0.25, 0.3) is 0 Å².